The van der Waals surface area contributed by atoms with Crippen LogP contribution in [0.5, 0.6) is 0 Å². The summed E-state index contributed by atoms with van der Waals surface area (Å²) < 4.78 is 0. The van der Waals surface area contributed by atoms with Gasteiger partial charge in [-0.25, -0.2) is 0 Å². The Hall–Kier alpha value is -2.81. The Morgan fingerprint density at radius 1 is 1.44 bits per heavy atom. The first-order valence-electron chi connectivity index (χ1n) is 8.30. The van der Waals surface area contributed by atoms with E-state index in [-0.39, 0.29) is 29.2 Å². The van der Waals surface area contributed by atoms with Gasteiger partial charge in [-0.15, -0.1) is 0 Å². The number of aromatic nitrogens is 1. The number of aromatic amines is 1. The maximum Gasteiger partial charge on any atom is 0.307 e. The van der Waals surface area contributed by atoms with Crippen molar-refractivity contribution in [1.82, 2.24) is 10.3 Å². The first-order valence-corrected chi connectivity index (χ1v) is 8.30. The van der Waals surface area contributed by atoms with Gasteiger partial charge in [-0.3, -0.25) is 9.59 Å². The molecular formula is C19H21N3O3. The number of carbonyl (C=O) groups excluding carboxylic acids is 1. The van der Waals surface area contributed by atoms with Gasteiger partial charge in [0, 0.05) is 28.7 Å². The number of aliphatic carboxylic acids is 1. The number of carbonyl (C=O) groups is 2. The van der Waals surface area contributed by atoms with Gasteiger partial charge in [0.2, 0.25) is 0 Å². The van der Waals surface area contributed by atoms with Crippen LogP contribution in [-0.2, 0) is 4.79 Å². The Labute approximate surface area is 145 Å². The van der Waals surface area contributed by atoms with E-state index in [1.54, 1.807) is 24.4 Å². The second kappa shape index (κ2) is 5.92. The van der Waals surface area contributed by atoms with Crippen molar-refractivity contribution in [2.24, 2.45) is 17.3 Å². The van der Waals surface area contributed by atoms with Crippen LogP contribution in [0.15, 0.2) is 24.4 Å². The van der Waals surface area contributed by atoms with Crippen molar-refractivity contribution in [2.75, 3.05) is 0 Å². The Balaban J connectivity index is 1.74. The average Bonchev–Trinajstić information content (AvgIpc) is 2.95. The van der Waals surface area contributed by atoms with Crippen LogP contribution in [-0.4, -0.2) is 28.0 Å². The molecule has 1 saturated carbocycles. The molecule has 3 atom stereocenters. The van der Waals surface area contributed by atoms with Gasteiger partial charge >= 0.3 is 5.97 Å². The molecule has 1 unspecified atom stereocenters. The van der Waals surface area contributed by atoms with E-state index in [1.807, 2.05) is 20.8 Å². The molecular weight excluding hydrogens is 318 g/mol. The molecule has 1 aliphatic carbocycles. The minimum Gasteiger partial charge on any atom is -0.481 e. The summed E-state index contributed by atoms with van der Waals surface area (Å²) in [5.41, 5.74) is 1.45. The van der Waals surface area contributed by atoms with Crippen LogP contribution in [0.25, 0.3) is 10.9 Å². The number of carboxylic acid groups (broad SMARTS) is 1. The molecule has 0 spiro atoms. The van der Waals surface area contributed by atoms with E-state index in [0.29, 0.717) is 17.5 Å². The Kier molecular flexibility index (Phi) is 4.03. The maximum absolute atomic E-state index is 12.6. The number of rotatable bonds is 4. The molecule has 1 heterocycles. The third-order valence-corrected chi connectivity index (χ3v) is 5.67. The molecule has 130 valence electrons. The molecule has 3 N–H and O–H groups in total. The lowest BCUT2D eigenvalue weighted by molar-refractivity contribution is -0.160. The van der Waals surface area contributed by atoms with Gasteiger partial charge in [-0.1, -0.05) is 13.8 Å². The molecule has 0 radical (unpaired) electrons. The molecule has 6 heteroatoms. The summed E-state index contributed by atoms with van der Waals surface area (Å²) in [6, 6.07) is 7.18. The number of amides is 1. The number of nitriles is 1. The van der Waals surface area contributed by atoms with E-state index in [9.17, 15) is 14.7 Å². The number of fused-ring (bicyclic) bond motifs is 1. The van der Waals surface area contributed by atoms with Crippen molar-refractivity contribution in [2.45, 2.75) is 33.2 Å². The largest absolute Gasteiger partial charge is 0.481 e. The Morgan fingerprint density at radius 2 is 2.16 bits per heavy atom. The lowest BCUT2D eigenvalue weighted by Gasteiger charge is -2.52. The molecule has 1 amide bonds. The molecule has 1 aliphatic rings. The van der Waals surface area contributed by atoms with E-state index in [1.165, 1.54) is 0 Å². The number of hydrogen-bond donors (Lipinski definition) is 3. The standard InChI is InChI=1S/C19H21N3O3/c1-10(14-7-15(18(24)25)19(14,2)3)22-17(23)11-4-5-16-13(6-11)12(8-20)9-21-16/h4-6,9-10,14-15,21H,7H2,1-3H3,(H,22,23)(H,24,25)/t10?,14-,15+/m0/s1. The normalized spacial score (nSPS) is 22.6. The second-order valence-corrected chi connectivity index (χ2v) is 7.39. The van der Waals surface area contributed by atoms with Gasteiger partial charge in [-0.05, 0) is 42.9 Å². The third-order valence-electron chi connectivity index (χ3n) is 5.67. The Bertz CT molecular complexity index is 891. The van der Waals surface area contributed by atoms with Crippen molar-refractivity contribution in [3.63, 3.8) is 0 Å². The second-order valence-electron chi connectivity index (χ2n) is 7.39. The van der Waals surface area contributed by atoms with Crippen LogP contribution in [0.4, 0.5) is 0 Å². The van der Waals surface area contributed by atoms with Crippen LogP contribution in [0.1, 0.15) is 43.1 Å². The molecule has 6 nitrogen and oxygen atoms in total. The van der Waals surface area contributed by atoms with Crippen molar-refractivity contribution < 1.29 is 14.7 Å². The van der Waals surface area contributed by atoms with E-state index < -0.39 is 5.97 Å². The molecule has 1 aromatic carbocycles. The predicted octanol–water partition coefficient (Wildman–Crippen LogP) is 2.90. The molecule has 1 aromatic heterocycles. The topological polar surface area (TPSA) is 106 Å². The van der Waals surface area contributed by atoms with Crippen LogP contribution in [0.2, 0.25) is 0 Å². The smallest absolute Gasteiger partial charge is 0.307 e. The molecule has 2 aromatic rings. The van der Waals surface area contributed by atoms with Crippen LogP contribution in [0.3, 0.4) is 0 Å². The van der Waals surface area contributed by atoms with Gasteiger partial charge in [-0.2, -0.15) is 5.26 Å². The van der Waals surface area contributed by atoms with Gasteiger partial charge in [0.15, 0.2) is 0 Å². The van der Waals surface area contributed by atoms with Gasteiger partial charge < -0.3 is 15.4 Å². The fourth-order valence-corrected chi connectivity index (χ4v) is 3.97. The SMILES string of the molecule is CC(NC(=O)c1ccc2[nH]cc(C#N)c2c1)[C@@H]1C[C@H](C(=O)O)C1(C)C. The van der Waals surface area contributed by atoms with Crippen LogP contribution in [0, 0.1) is 28.6 Å². The first-order chi connectivity index (χ1) is 11.8. The highest BCUT2D eigenvalue weighted by Gasteiger charge is 2.53. The van der Waals surface area contributed by atoms with Crippen LogP contribution >= 0.6 is 0 Å². The van der Waals surface area contributed by atoms with E-state index in [0.717, 1.165) is 10.9 Å². The molecule has 3 rings (SSSR count). The Morgan fingerprint density at radius 3 is 2.76 bits per heavy atom. The number of benzene rings is 1. The number of hydrogen-bond acceptors (Lipinski definition) is 3. The number of H-pyrrole nitrogens is 1. The van der Waals surface area contributed by atoms with Crippen molar-refractivity contribution >= 4 is 22.8 Å². The first kappa shape index (κ1) is 17.0. The summed E-state index contributed by atoms with van der Waals surface area (Å²) in [5.74, 6) is -1.25. The minimum absolute atomic E-state index is 0.114. The van der Waals surface area contributed by atoms with Crippen molar-refractivity contribution in [3.8, 4) is 6.07 Å². The molecule has 0 aliphatic heterocycles. The van der Waals surface area contributed by atoms with Crippen molar-refractivity contribution in [1.29, 1.82) is 5.26 Å². The lowest BCUT2D eigenvalue weighted by Crippen LogP contribution is -2.56. The van der Waals surface area contributed by atoms with E-state index >= 15 is 0 Å². The predicted molar refractivity (Wildman–Crippen MR) is 93.0 cm³/mol. The molecule has 0 saturated heterocycles. The number of nitrogens with one attached hydrogen (secondary N) is 2. The average molecular weight is 339 g/mol. The zero-order valence-corrected chi connectivity index (χ0v) is 14.5. The summed E-state index contributed by atoms with van der Waals surface area (Å²) in [4.78, 5) is 26.8. The zero-order valence-electron chi connectivity index (χ0n) is 14.5. The van der Waals surface area contributed by atoms with Gasteiger partial charge in [0.05, 0.1) is 11.5 Å². The minimum atomic E-state index is -0.776. The molecule has 0 bridgehead atoms. The third kappa shape index (κ3) is 2.76. The van der Waals surface area contributed by atoms with E-state index in [2.05, 4.69) is 16.4 Å². The zero-order chi connectivity index (χ0) is 18.4. The maximum atomic E-state index is 12.6. The molecule has 1 fully saturated rings. The summed E-state index contributed by atoms with van der Waals surface area (Å²) in [6.07, 6.45) is 2.19. The van der Waals surface area contributed by atoms with E-state index in [4.69, 9.17) is 5.26 Å². The van der Waals surface area contributed by atoms with Gasteiger partial charge in [0.25, 0.3) is 5.91 Å². The summed E-state index contributed by atoms with van der Waals surface area (Å²) in [7, 11) is 0. The number of nitrogens with zero attached hydrogens (tertiary/aromatic N) is 1. The van der Waals surface area contributed by atoms with Crippen LogP contribution < -0.4 is 5.32 Å². The summed E-state index contributed by atoms with van der Waals surface area (Å²) >= 11 is 0. The van der Waals surface area contributed by atoms with Gasteiger partial charge in [0.1, 0.15) is 6.07 Å². The quantitative estimate of drug-likeness (QED) is 0.796. The highest BCUT2D eigenvalue weighted by atomic mass is 16.4. The lowest BCUT2D eigenvalue weighted by atomic mass is 9.52. The summed E-state index contributed by atoms with van der Waals surface area (Å²) in [5, 5.41) is 22.1. The highest BCUT2D eigenvalue weighted by Crippen LogP contribution is 2.52. The van der Waals surface area contributed by atoms with Crippen molar-refractivity contribution in [3.05, 3.63) is 35.5 Å². The number of carboxylic acids is 1. The highest BCUT2D eigenvalue weighted by molar-refractivity contribution is 5.99. The summed E-state index contributed by atoms with van der Waals surface area (Å²) in [6.45, 7) is 5.79. The monoisotopic (exact) mass is 339 g/mol. The fraction of sp³-hybridized carbons (Fsp3) is 0.421. The molecule has 25 heavy (non-hydrogen) atoms. The fourth-order valence-electron chi connectivity index (χ4n) is 3.97.